The number of nitrogens with one attached hydrogen (secondary N) is 1. The molecule has 0 saturated carbocycles. The van der Waals surface area contributed by atoms with Crippen LogP contribution in [-0.4, -0.2) is 36.6 Å². The highest BCUT2D eigenvalue weighted by atomic mass is 15.2. The molecular weight excluding hydrogens is 196 g/mol. The van der Waals surface area contributed by atoms with E-state index in [0.29, 0.717) is 0 Å². The van der Waals surface area contributed by atoms with Gasteiger partial charge in [0.15, 0.2) is 0 Å². The molecule has 1 aliphatic heterocycles. The topological polar surface area (TPSA) is 15.3 Å². The van der Waals surface area contributed by atoms with E-state index in [9.17, 15) is 0 Å². The molecule has 1 heterocycles. The lowest BCUT2D eigenvalue weighted by molar-refractivity contribution is 0.0387. The van der Waals surface area contributed by atoms with Crippen molar-refractivity contribution in [1.29, 1.82) is 0 Å². The largest absolute Gasteiger partial charge is 0.315 e. The number of hydrogen-bond donors (Lipinski definition) is 1. The van der Waals surface area contributed by atoms with Crippen LogP contribution in [0.1, 0.15) is 47.5 Å². The first-order chi connectivity index (χ1) is 7.60. The Morgan fingerprint density at radius 1 is 1.25 bits per heavy atom. The van der Waals surface area contributed by atoms with Crippen LogP contribution in [0.15, 0.2) is 0 Å². The predicted octanol–water partition coefficient (Wildman–Crippen LogP) is 2.74. The van der Waals surface area contributed by atoms with Gasteiger partial charge in [0.25, 0.3) is 0 Å². The van der Waals surface area contributed by atoms with Crippen LogP contribution in [0.4, 0.5) is 0 Å². The van der Waals surface area contributed by atoms with E-state index in [4.69, 9.17) is 0 Å². The summed E-state index contributed by atoms with van der Waals surface area (Å²) in [4.78, 5) is 2.74. The van der Waals surface area contributed by atoms with Crippen molar-refractivity contribution in [3.05, 3.63) is 0 Å². The molecule has 0 aromatic rings. The number of likely N-dealkylation sites (tertiary alicyclic amines) is 1. The van der Waals surface area contributed by atoms with E-state index in [1.54, 1.807) is 0 Å². The van der Waals surface area contributed by atoms with E-state index >= 15 is 0 Å². The van der Waals surface area contributed by atoms with Crippen molar-refractivity contribution in [3.63, 3.8) is 0 Å². The smallest absolute Gasteiger partial charge is 0.0221 e. The van der Waals surface area contributed by atoms with Crippen LogP contribution in [0.2, 0.25) is 0 Å². The molecule has 1 saturated heterocycles. The first-order valence-electron chi connectivity index (χ1n) is 7.06. The summed E-state index contributed by atoms with van der Waals surface area (Å²) in [5.41, 5.74) is 0. The second-order valence-corrected chi connectivity index (χ2v) is 5.63. The molecule has 0 aliphatic carbocycles. The van der Waals surface area contributed by atoms with Crippen LogP contribution in [-0.2, 0) is 0 Å². The number of piperidine rings is 1. The quantitative estimate of drug-likeness (QED) is 0.775. The molecule has 2 nitrogen and oxygen atoms in total. The van der Waals surface area contributed by atoms with Gasteiger partial charge in [-0.2, -0.15) is 0 Å². The average molecular weight is 226 g/mol. The summed E-state index contributed by atoms with van der Waals surface area (Å²) in [6.45, 7) is 15.3. The molecule has 0 aromatic heterocycles. The van der Waals surface area contributed by atoms with Crippen LogP contribution >= 0.6 is 0 Å². The minimum Gasteiger partial charge on any atom is -0.315 e. The number of likely N-dealkylation sites (N-methyl/N-ethyl adjacent to an activating group) is 1. The fraction of sp³-hybridized carbons (Fsp3) is 1.00. The molecule has 1 N–H and O–H groups in total. The Labute approximate surface area is 102 Å². The molecule has 1 aliphatic rings. The molecule has 16 heavy (non-hydrogen) atoms. The minimum absolute atomic E-state index is 0.722. The summed E-state index contributed by atoms with van der Waals surface area (Å²) < 4.78 is 0. The maximum atomic E-state index is 3.51. The molecule has 4 unspecified atom stereocenters. The Hall–Kier alpha value is -0.0800. The SMILES string of the molecule is CCNCC(CC)N1CC(C)CC(C)C1C. The van der Waals surface area contributed by atoms with E-state index in [1.807, 2.05) is 0 Å². The molecule has 0 radical (unpaired) electrons. The molecule has 0 aromatic carbocycles. The van der Waals surface area contributed by atoms with Gasteiger partial charge in [0.05, 0.1) is 0 Å². The van der Waals surface area contributed by atoms with Gasteiger partial charge >= 0.3 is 0 Å². The molecule has 0 amide bonds. The van der Waals surface area contributed by atoms with Crippen LogP contribution in [0.5, 0.6) is 0 Å². The third kappa shape index (κ3) is 3.46. The third-order valence-electron chi connectivity index (χ3n) is 4.21. The lowest BCUT2D eigenvalue weighted by Crippen LogP contribution is -2.53. The summed E-state index contributed by atoms with van der Waals surface area (Å²) >= 11 is 0. The van der Waals surface area contributed by atoms with Gasteiger partial charge in [0.2, 0.25) is 0 Å². The van der Waals surface area contributed by atoms with Gasteiger partial charge in [-0.05, 0) is 38.1 Å². The second kappa shape index (κ2) is 6.61. The highest BCUT2D eigenvalue weighted by molar-refractivity contribution is 4.86. The molecule has 96 valence electrons. The van der Waals surface area contributed by atoms with Gasteiger partial charge in [0, 0.05) is 25.2 Å². The fourth-order valence-electron chi connectivity index (χ4n) is 3.05. The van der Waals surface area contributed by atoms with Gasteiger partial charge < -0.3 is 5.32 Å². The lowest BCUT2D eigenvalue weighted by Gasteiger charge is -2.45. The zero-order valence-corrected chi connectivity index (χ0v) is 11.8. The average Bonchev–Trinajstić information content (AvgIpc) is 2.25. The summed E-state index contributed by atoms with van der Waals surface area (Å²) in [5.74, 6) is 1.71. The van der Waals surface area contributed by atoms with Gasteiger partial charge in [0.1, 0.15) is 0 Å². The lowest BCUT2D eigenvalue weighted by atomic mass is 9.84. The zero-order chi connectivity index (χ0) is 12.1. The number of nitrogens with zero attached hydrogens (tertiary/aromatic N) is 1. The van der Waals surface area contributed by atoms with E-state index in [-0.39, 0.29) is 0 Å². The Bertz CT molecular complexity index is 193. The van der Waals surface area contributed by atoms with Gasteiger partial charge in [-0.15, -0.1) is 0 Å². The Kier molecular flexibility index (Phi) is 5.77. The molecule has 0 spiro atoms. The minimum atomic E-state index is 0.722. The monoisotopic (exact) mass is 226 g/mol. The van der Waals surface area contributed by atoms with Gasteiger partial charge in [-0.3, -0.25) is 4.90 Å². The molecular formula is C14H30N2. The van der Waals surface area contributed by atoms with Crippen LogP contribution in [0.25, 0.3) is 0 Å². The first kappa shape index (κ1) is 14.0. The van der Waals surface area contributed by atoms with Crippen molar-refractivity contribution in [2.45, 2.75) is 59.5 Å². The highest BCUT2D eigenvalue weighted by Crippen LogP contribution is 2.28. The Balaban J connectivity index is 2.59. The number of hydrogen-bond acceptors (Lipinski definition) is 2. The Morgan fingerprint density at radius 2 is 1.94 bits per heavy atom. The summed E-state index contributed by atoms with van der Waals surface area (Å²) in [7, 11) is 0. The Morgan fingerprint density at radius 3 is 2.50 bits per heavy atom. The van der Waals surface area contributed by atoms with Gasteiger partial charge in [-0.25, -0.2) is 0 Å². The van der Waals surface area contributed by atoms with E-state index in [2.05, 4.69) is 44.8 Å². The van der Waals surface area contributed by atoms with Gasteiger partial charge in [-0.1, -0.05) is 27.7 Å². The standard InChI is InChI=1S/C14H30N2/c1-6-14(9-15-7-2)16-10-11(3)8-12(4)13(16)5/h11-15H,6-10H2,1-5H3. The summed E-state index contributed by atoms with van der Waals surface area (Å²) in [5, 5.41) is 3.51. The highest BCUT2D eigenvalue weighted by Gasteiger charge is 2.32. The zero-order valence-electron chi connectivity index (χ0n) is 11.8. The summed E-state index contributed by atoms with van der Waals surface area (Å²) in [6.07, 6.45) is 2.66. The van der Waals surface area contributed by atoms with Crippen molar-refractivity contribution < 1.29 is 0 Å². The van der Waals surface area contributed by atoms with Crippen molar-refractivity contribution in [3.8, 4) is 0 Å². The van der Waals surface area contributed by atoms with E-state index in [1.165, 1.54) is 19.4 Å². The van der Waals surface area contributed by atoms with Crippen molar-refractivity contribution in [2.24, 2.45) is 11.8 Å². The van der Waals surface area contributed by atoms with Crippen molar-refractivity contribution >= 4 is 0 Å². The molecule has 0 bridgehead atoms. The first-order valence-corrected chi connectivity index (χ1v) is 7.06. The van der Waals surface area contributed by atoms with E-state index < -0.39 is 0 Å². The third-order valence-corrected chi connectivity index (χ3v) is 4.21. The predicted molar refractivity (Wildman–Crippen MR) is 71.7 cm³/mol. The number of rotatable bonds is 5. The van der Waals surface area contributed by atoms with Crippen LogP contribution < -0.4 is 5.32 Å². The fourth-order valence-corrected chi connectivity index (χ4v) is 3.05. The van der Waals surface area contributed by atoms with Crippen LogP contribution in [0, 0.1) is 11.8 Å². The van der Waals surface area contributed by atoms with Crippen molar-refractivity contribution in [1.82, 2.24) is 10.2 Å². The maximum Gasteiger partial charge on any atom is 0.0221 e. The molecule has 1 fully saturated rings. The van der Waals surface area contributed by atoms with E-state index in [0.717, 1.165) is 37.0 Å². The van der Waals surface area contributed by atoms with Crippen molar-refractivity contribution in [2.75, 3.05) is 19.6 Å². The summed E-state index contributed by atoms with van der Waals surface area (Å²) in [6, 6.07) is 1.47. The van der Waals surface area contributed by atoms with Crippen LogP contribution in [0.3, 0.4) is 0 Å². The molecule has 1 rings (SSSR count). The normalized spacial score (nSPS) is 33.9. The molecule has 4 atom stereocenters. The molecule has 2 heteroatoms. The maximum absolute atomic E-state index is 3.51. The second-order valence-electron chi connectivity index (χ2n) is 5.63.